The number of imide groups is 1. The van der Waals surface area contributed by atoms with Gasteiger partial charge in [-0.1, -0.05) is 12.1 Å². The van der Waals surface area contributed by atoms with E-state index >= 15 is 0 Å². The van der Waals surface area contributed by atoms with Gasteiger partial charge in [-0.25, -0.2) is 4.79 Å². The van der Waals surface area contributed by atoms with Gasteiger partial charge in [0.25, 0.3) is 0 Å². The predicted octanol–water partition coefficient (Wildman–Crippen LogP) is 1.90. The highest BCUT2D eigenvalue weighted by Gasteiger charge is 2.25. The quantitative estimate of drug-likeness (QED) is 0.846. The zero-order valence-electron chi connectivity index (χ0n) is 7.87. The highest BCUT2D eigenvalue weighted by Crippen LogP contribution is 2.26. The molecule has 4 nitrogen and oxygen atoms in total. The Labute approximate surface area is 95.4 Å². The molecule has 2 rings (SSSR count). The van der Waals surface area contributed by atoms with Crippen LogP contribution in [0.15, 0.2) is 28.7 Å². The fourth-order valence-electron chi connectivity index (χ4n) is 1.46. The van der Waals surface area contributed by atoms with Gasteiger partial charge in [-0.05, 0) is 28.1 Å². The molecule has 0 saturated carbocycles. The summed E-state index contributed by atoms with van der Waals surface area (Å²) in [5, 5.41) is 2.28. The summed E-state index contributed by atoms with van der Waals surface area (Å²) in [5.74, 6) is -0.219. The van der Waals surface area contributed by atoms with Crippen molar-refractivity contribution in [2.45, 2.75) is 6.42 Å². The van der Waals surface area contributed by atoms with Crippen LogP contribution in [0.5, 0.6) is 0 Å². The van der Waals surface area contributed by atoms with Crippen LogP contribution in [0.4, 0.5) is 10.5 Å². The molecule has 0 spiro atoms. The van der Waals surface area contributed by atoms with Crippen LogP contribution in [-0.2, 0) is 4.79 Å². The largest absolute Gasteiger partial charge is 0.328 e. The molecule has 1 N–H and O–H groups in total. The first-order chi connectivity index (χ1) is 7.18. The molecular formula is C10H9BrN2O2. The number of hydrogen-bond donors (Lipinski definition) is 1. The summed E-state index contributed by atoms with van der Waals surface area (Å²) in [7, 11) is 0. The van der Waals surface area contributed by atoms with Crippen LogP contribution in [0.2, 0.25) is 0 Å². The Bertz CT molecular complexity index is 420. The molecule has 1 aromatic rings. The van der Waals surface area contributed by atoms with E-state index in [9.17, 15) is 9.59 Å². The van der Waals surface area contributed by atoms with Crippen LogP contribution in [0.1, 0.15) is 6.42 Å². The van der Waals surface area contributed by atoms with Gasteiger partial charge in [0, 0.05) is 17.4 Å². The second-order valence-corrected chi connectivity index (χ2v) is 4.06. The molecule has 3 amide bonds. The van der Waals surface area contributed by atoms with Crippen molar-refractivity contribution in [1.29, 1.82) is 0 Å². The van der Waals surface area contributed by atoms with Crippen molar-refractivity contribution in [3.63, 3.8) is 0 Å². The molecule has 0 atom stereocenters. The predicted molar refractivity (Wildman–Crippen MR) is 59.6 cm³/mol. The Morgan fingerprint density at radius 1 is 1.27 bits per heavy atom. The minimum atomic E-state index is -0.363. The number of anilines is 1. The van der Waals surface area contributed by atoms with Crippen LogP contribution in [0, 0.1) is 0 Å². The standard InChI is InChI=1S/C10H9BrN2O2/c11-7-3-1-2-4-8(7)13-6-5-9(14)12-10(13)15/h1-4H,5-6H2,(H,12,14,15). The van der Waals surface area contributed by atoms with Crippen molar-refractivity contribution >= 4 is 33.6 Å². The molecule has 0 aliphatic carbocycles. The van der Waals surface area contributed by atoms with E-state index in [-0.39, 0.29) is 11.9 Å². The van der Waals surface area contributed by atoms with Crippen LogP contribution < -0.4 is 10.2 Å². The lowest BCUT2D eigenvalue weighted by atomic mass is 10.2. The first-order valence-electron chi connectivity index (χ1n) is 4.54. The van der Waals surface area contributed by atoms with E-state index in [1.54, 1.807) is 4.90 Å². The minimum Gasteiger partial charge on any atom is -0.292 e. The molecule has 5 heteroatoms. The van der Waals surface area contributed by atoms with E-state index in [1.165, 1.54) is 0 Å². The summed E-state index contributed by atoms with van der Waals surface area (Å²) in [4.78, 5) is 24.0. The monoisotopic (exact) mass is 268 g/mol. The van der Waals surface area contributed by atoms with Crippen LogP contribution in [0.3, 0.4) is 0 Å². The third kappa shape index (κ3) is 2.02. The highest BCUT2D eigenvalue weighted by molar-refractivity contribution is 9.10. The first kappa shape index (κ1) is 10.2. The molecule has 1 fully saturated rings. The molecular weight excluding hydrogens is 260 g/mol. The van der Waals surface area contributed by atoms with E-state index in [4.69, 9.17) is 0 Å². The molecule has 1 aromatic carbocycles. The zero-order chi connectivity index (χ0) is 10.8. The number of halogens is 1. The fourth-order valence-corrected chi connectivity index (χ4v) is 1.96. The highest BCUT2D eigenvalue weighted by atomic mass is 79.9. The normalized spacial score (nSPS) is 16.5. The molecule has 1 saturated heterocycles. The number of nitrogens with one attached hydrogen (secondary N) is 1. The lowest BCUT2D eigenvalue weighted by Crippen LogP contribution is -2.49. The topological polar surface area (TPSA) is 49.4 Å². The summed E-state index contributed by atoms with van der Waals surface area (Å²) in [6, 6.07) is 7.06. The number of nitrogens with zero attached hydrogens (tertiary/aromatic N) is 1. The number of urea groups is 1. The van der Waals surface area contributed by atoms with Crippen molar-refractivity contribution in [3.05, 3.63) is 28.7 Å². The summed E-state index contributed by atoms with van der Waals surface area (Å²) in [5.41, 5.74) is 0.780. The average molecular weight is 269 g/mol. The van der Waals surface area contributed by atoms with Crippen molar-refractivity contribution in [2.75, 3.05) is 11.4 Å². The Hall–Kier alpha value is -1.36. The van der Waals surface area contributed by atoms with E-state index in [0.717, 1.165) is 10.2 Å². The van der Waals surface area contributed by atoms with E-state index in [0.29, 0.717) is 13.0 Å². The lowest BCUT2D eigenvalue weighted by molar-refractivity contribution is -0.120. The Kier molecular flexibility index (Phi) is 2.73. The van der Waals surface area contributed by atoms with Gasteiger partial charge in [0.1, 0.15) is 0 Å². The smallest absolute Gasteiger partial charge is 0.292 e. The SMILES string of the molecule is O=C1CCN(c2ccccc2Br)C(=O)N1. The third-order valence-electron chi connectivity index (χ3n) is 2.20. The molecule has 78 valence electrons. The number of amides is 3. The van der Waals surface area contributed by atoms with E-state index < -0.39 is 0 Å². The summed E-state index contributed by atoms with van der Waals surface area (Å²) in [6.45, 7) is 0.424. The number of carbonyl (C=O) groups excluding carboxylic acids is 2. The molecule has 1 aliphatic heterocycles. The van der Waals surface area contributed by atoms with Gasteiger partial charge in [-0.2, -0.15) is 0 Å². The number of hydrogen-bond acceptors (Lipinski definition) is 2. The maximum absolute atomic E-state index is 11.5. The molecule has 0 aromatic heterocycles. The Morgan fingerprint density at radius 3 is 2.67 bits per heavy atom. The van der Waals surface area contributed by atoms with Crippen molar-refractivity contribution in [2.24, 2.45) is 0 Å². The molecule has 0 radical (unpaired) electrons. The molecule has 1 aliphatic rings. The molecule has 0 unspecified atom stereocenters. The number of rotatable bonds is 1. The number of benzene rings is 1. The Balaban J connectivity index is 2.28. The maximum Gasteiger partial charge on any atom is 0.328 e. The molecule has 1 heterocycles. The summed E-state index contributed by atoms with van der Waals surface area (Å²) < 4.78 is 0.842. The third-order valence-corrected chi connectivity index (χ3v) is 2.87. The molecule has 0 bridgehead atoms. The van der Waals surface area contributed by atoms with Gasteiger partial charge < -0.3 is 0 Å². The second kappa shape index (κ2) is 4.02. The van der Waals surface area contributed by atoms with E-state index in [2.05, 4.69) is 21.2 Å². The number of carbonyl (C=O) groups is 2. The molecule has 15 heavy (non-hydrogen) atoms. The zero-order valence-corrected chi connectivity index (χ0v) is 9.45. The summed E-state index contributed by atoms with van der Waals surface area (Å²) >= 11 is 3.37. The van der Waals surface area contributed by atoms with Gasteiger partial charge in [0.2, 0.25) is 5.91 Å². The Morgan fingerprint density at radius 2 is 2.00 bits per heavy atom. The van der Waals surface area contributed by atoms with Crippen molar-refractivity contribution < 1.29 is 9.59 Å². The van der Waals surface area contributed by atoms with Gasteiger partial charge in [-0.15, -0.1) is 0 Å². The van der Waals surface area contributed by atoms with Crippen LogP contribution >= 0.6 is 15.9 Å². The van der Waals surface area contributed by atoms with Crippen molar-refractivity contribution in [3.8, 4) is 0 Å². The average Bonchev–Trinajstić information content (AvgIpc) is 2.20. The second-order valence-electron chi connectivity index (χ2n) is 3.21. The maximum atomic E-state index is 11.5. The van der Waals surface area contributed by atoms with Gasteiger partial charge in [-0.3, -0.25) is 15.0 Å². The fraction of sp³-hybridized carbons (Fsp3) is 0.200. The summed E-state index contributed by atoms with van der Waals surface area (Å²) in [6.07, 6.45) is 0.340. The van der Waals surface area contributed by atoms with E-state index in [1.807, 2.05) is 24.3 Å². The van der Waals surface area contributed by atoms with Gasteiger partial charge >= 0.3 is 6.03 Å². The number of para-hydroxylation sites is 1. The van der Waals surface area contributed by atoms with Crippen LogP contribution in [-0.4, -0.2) is 18.5 Å². The van der Waals surface area contributed by atoms with Gasteiger partial charge in [0.05, 0.1) is 5.69 Å². The lowest BCUT2D eigenvalue weighted by Gasteiger charge is -2.27. The van der Waals surface area contributed by atoms with Crippen molar-refractivity contribution in [1.82, 2.24) is 5.32 Å². The minimum absolute atomic E-state index is 0.219. The first-order valence-corrected chi connectivity index (χ1v) is 5.33. The van der Waals surface area contributed by atoms with Crippen LogP contribution in [0.25, 0.3) is 0 Å². The van der Waals surface area contributed by atoms with Gasteiger partial charge in [0.15, 0.2) is 0 Å².